The molecule has 0 rings (SSSR count). The van der Waals surface area contributed by atoms with Gasteiger partial charge in [-0.2, -0.15) is 0 Å². The maximum absolute atomic E-state index is 2.91. The molecule has 4 radical (unpaired) electrons. The fourth-order valence-electron chi connectivity index (χ4n) is 0. The van der Waals surface area contributed by atoms with Crippen molar-refractivity contribution in [2.75, 3.05) is 0 Å². The molecule has 0 aromatic carbocycles. The summed E-state index contributed by atoms with van der Waals surface area (Å²) in [7, 11) is 2.91. The Hall–Kier alpha value is 1.97. The molecule has 0 heterocycles. The molecule has 0 fully saturated rings. The van der Waals surface area contributed by atoms with Gasteiger partial charge in [0.05, 0.1) is 0 Å². The predicted molar refractivity (Wildman–Crippen MR) is 5.75 cm³/mol. The van der Waals surface area contributed by atoms with Crippen molar-refractivity contribution in [2.24, 2.45) is 0 Å². The maximum atomic E-state index is 2.91. The minimum atomic E-state index is 0. The van der Waals surface area contributed by atoms with Crippen LogP contribution in [0.25, 0.3) is 0 Å². The Labute approximate surface area is 61.0 Å². The average molecular weight is 181 g/mol. The van der Waals surface area contributed by atoms with Crippen LogP contribution in [0.1, 0.15) is 0 Å². The molecule has 0 atom stereocenters. The minimum Gasteiger partial charge on any atom is 0 e. The Bertz CT molecular complexity index is 3.25. The number of rotatable bonds is 0. The first-order valence-corrected chi connectivity index (χ1v) is 2.77. The van der Waals surface area contributed by atoms with E-state index in [1.54, 1.807) is 0 Å². The predicted octanol–water partition coefficient (Wildman–Crippen LogP) is -0.388. The van der Waals surface area contributed by atoms with Crippen molar-refractivity contribution in [1.82, 2.24) is 0 Å². The van der Waals surface area contributed by atoms with Crippen LogP contribution >= 0.6 is 0 Å². The monoisotopic (exact) mass is 181 g/mol. The van der Waals surface area contributed by atoms with Crippen LogP contribution in [0.5, 0.6) is 0 Å². The summed E-state index contributed by atoms with van der Waals surface area (Å²) in [6.07, 6.45) is 0. The summed E-state index contributed by atoms with van der Waals surface area (Å²) in [6.45, 7) is 0. The second-order valence-electron chi connectivity index (χ2n) is 0. The summed E-state index contributed by atoms with van der Waals surface area (Å²) in [5.41, 5.74) is 0. The van der Waals surface area contributed by atoms with Crippen LogP contribution in [-0.4, -0.2) is 8.15 Å². The van der Waals surface area contributed by atoms with Gasteiger partial charge in [0.15, 0.2) is 0 Å². The van der Waals surface area contributed by atoms with Crippen LogP contribution in [0.2, 0.25) is 0 Å². The van der Waals surface area contributed by atoms with Crippen molar-refractivity contribution in [3.05, 3.63) is 0 Å². The van der Waals surface area contributed by atoms with Gasteiger partial charge >= 0.3 is 24.4 Å². The summed E-state index contributed by atoms with van der Waals surface area (Å²) in [5, 5.41) is 0. The summed E-state index contributed by atoms with van der Waals surface area (Å²) >= 11 is 2.12. The van der Waals surface area contributed by atoms with Crippen LogP contribution in [0, 0.1) is 0 Å². The van der Waals surface area contributed by atoms with E-state index in [1.807, 2.05) is 0 Å². The fraction of sp³-hybridized carbons (Fsp3) is 0. The molecule has 0 aliphatic heterocycles. The van der Waals surface area contributed by atoms with Gasteiger partial charge in [-0.15, -0.1) is 0 Å². The Morgan fingerprint density at radius 2 is 1.00 bits per heavy atom. The van der Waals surface area contributed by atoms with Gasteiger partial charge in [0.1, 0.15) is 0 Å². The van der Waals surface area contributed by atoms with Crippen molar-refractivity contribution >= 4 is 8.15 Å². The van der Waals surface area contributed by atoms with Gasteiger partial charge in [-0.1, -0.05) is 0 Å². The van der Waals surface area contributed by atoms with Gasteiger partial charge in [-0.3, -0.25) is 0 Å². The summed E-state index contributed by atoms with van der Waals surface area (Å²) < 4.78 is 0. The Morgan fingerprint density at radius 3 is 1.00 bits per heavy atom. The van der Waals surface area contributed by atoms with Crippen LogP contribution in [-0.2, 0) is 53.4 Å². The average Bonchev–Trinajstić information content (AvgIpc) is 1.00. The molecule has 0 N–H and O–H groups in total. The number of hydrogen-bond donors (Lipinski definition) is 0. The molecule has 0 saturated carbocycles. The fourth-order valence-corrected chi connectivity index (χ4v) is 0. The quantitative estimate of drug-likeness (QED) is 0.446. The Kier molecular flexibility index (Phi) is 84.4. The van der Waals surface area contributed by atoms with E-state index in [9.17, 15) is 0 Å². The maximum Gasteiger partial charge on any atom is 0 e. The van der Waals surface area contributed by atoms with E-state index in [0.29, 0.717) is 0 Å². The van der Waals surface area contributed by atoms with Crippen molar-refractivity contribution in [2.45, 2.75) is 0 Å². The van der Waals surface area contributed by atoms with Gasteiger partial charge < -0.3 is 0 Å². The van der Waals surface area contributed by atoms with Crippen LogP contribution in [0.3, 0.4) is 0 Å². The molecule has 4 heavy (non-hydrogen) atoms. The first kappa shape index (κ1) is 16.7. The smallest absolute Gasteiger partial charge is 0 e. The van der Waals surface area contributed by atoms with Crippen molar-refractivity contribution in [3.8, 4) is 0 Å². The zero-order valence-electron chi connectivity index (χ0n) is 1.84. The van der Waals surface area contributed by atoms with E-state index < -0.39 is 0 Å². The Morgan fingerprint density at radius 1 is 1.00 bits per heavy atom. The molecular formula is SiV3. The molecule has 0 aliphatic carbocycles. The molecule has 0 saturated heterocycles. The second-order valence-corrected chi connectivity index (χ2v) is 0. The summed E-state index contributed by atoms with van der Waals surface area (Å²) in [4.78, 5) is 0. The number of hydrogen-bond acceptors (Lipinski definition) is 0. The molecule has 0 aromatic rings. The van der Waals surface area contributed by atoms with Gasteiger partial charge in [0.25, 0.3) is 0 Å². The molecule has 4 heteroatoms. The molecule has 0 nitrogen and oxygen atoms in total. The van der Waals surface area contributed by atoms with Crippen LogP contribution in [0.4, 0.5) is 0 Å². The van der Waals surface area contributed by atoms with Crippen molar-refractivity contribution in [3.63, 3.8) is 0 Å². The Balaban J connectivity index is -0.00000000500. The van der Waals surface area contributed by atoms with E-state index in [1.165, 1.54) is 0 Å². The third kappa shape index (κ3) is 9.02. The molecule has 0 aliphatic rings. The van der Waals surface area contributed by atoms with E-state index >= 15 is 0 Å². The third-order valence-corrected chi connectivity index (χ3v) is 0. The van der Waals surface area contributed by atoms with Gasteiger partial charge in [-0.05, 0) is 0 Å². The molecule has 0 aromatic heterocycles. The van der Waals surface area contributed by atoms with E-state index in [4.69, 9.17) is 0 Å². The minimum absolute atomic E-state index is 0. The molecule has 19 valence electrons. The first-order valence-electron chi connectivity index (χ1n) is 0.224. The molecule has 0 bridgehead atoms. The largest absolute Gasteiger partial charge is 0 e. The summed E-state index contributed by atoms with van der Waals surface area (Å²) in [5.74, 6) is 0. The molecular weight excluding hydrogens is 181 g/mol. The van der Waals surface area contributed by atoms with Crippen molar-refractivity contribution < 1.29 is 53.4 Å². The summed E-state index contributed by atoms with van der Waals surface area (Å²) in [6, 6.07) is 0. The third-order valence-electron chi connectivity index (χ3n) is 0. The van der Waals surface area contributed by atoms with Crippen LogP contribution in [0.15, 0.2) is 0 Å². The van der Waals surface area contributed by atoms with E-state index in [0.717, 1.165) is 0 Å². The standard InChI is InChI=1S/Si.3V. The first-order chi connectivity index (χ1) is 1.00. The normalized spacial score (nSPS) is 0.750. The van der Waals surface area contributed by atoms with Crippen LogP contribution < -0.4 is 0 Å². The zero-order chi connectivity index (χ0) is 2.00. The zero-order valence-corrected chi connectivity index (χ0v) is 7.03. The second kappa shape index (κ2) is 20.2. The molecule has 0 spiro atoms. The van der Waals surface area contributed by atoms with E-state index in [-0.39, 0.29) is 37.1 Å². The molecule has 0 unspecified atom stereocenters. The van der Waals surface area contributed by atoms with Gasteiger partial charge in [0, 0.05) is 37.1 Å². The van der Waals surface area contributed by atoms with Crippen molar-refractivity contribution in [1.29, 1.82) is 0 Å². The molecule has 0 amide bonds. The van der Waals surface area contributed by atoms with E-state index in [2.05, 4.69) is 24.4 Å². The topological polar surface area (TPSA) is 0 Å². The van der Waals surface area contributed by atoms with Gasteiger partial charge in [-0.25, -0.2) is 0 Å². The van der Waals surface area contributed by atoms with Gasteiger partial charge in [0.2, 0.25) is 0 Å². The SMILES string of the molecule is [Si]=[V].[V].[V].